The first kappa shape index (κ1) is 25.1. The van der Waals surface area contributed by atoms with Crippen molar-refractivity contribution in [2.24, 2.45) is 5.92 Å². The van der Waals surface area contributed by atoms with E-state index in [0.29, 0.717) is 13.1 Å². The van der Waals surface area contributed by atoms with Crippen molar-refractivity contribution in [2.45, 2.75) is 31.2 Å². The van der Waals surface area contributed by atoms with Crippen LogP contribution in [0.25, 0.3) is 0 Å². The molecule has 2 aromatic carbocycles. The molecular weight excluding hydrogens is 471 g/mol. The number of likely N-dealkylation sites (N-methyl/N-ethyl adjacent to an activating group) is 1. The van der Waals surface area contributed by atoms with Gasteiger partial charge in [0.25, 0.3) is 5.91 Å². The third-order valence-electron chi connectivity index (χ3n) is 5.54. The maximum absolute atomic E-state index is 13.9. The molecular formula is C23H26ClFN2O5S. The lowest BCUT2D eigenvalue weighted by Crippen LogP contribution is -2.39. The highest BCUT2D eigenvalue weighted by atomic mass is 35.5. The number of sulfonamides is 1. The smallest absolute Gasteiger partial charge is 0.338 e. The highest BCUT2D eigenvalue weighted by Crippen LogP contribution is 2.24. The first-order chi connectivity index (χ1) is 15.6. The number of halogens is 2. The van der Waals surface area contributed by atoms with Crippen LogP contribution in [0.15, 0.2) is 47.4 Å². The number of carbonyl (C=O) groups is 2. The van der Waals surface area contributed by atoms with Crippen molar-refractivity contribution in [3.63, 3.8) is 0 Å². The van der Waals surface area contributed by atoms with E-state index in [0.717, 1.165) is 12.8 Å². The number of hydrogen-bond donors (Lipinski definition) is 0. The van der Waals surface area contributed by atoms with Crippen molar-refractivity contribution in [1.29, 1.82) is 0 Å². The van der Waals surface area contributed by atoms with Crippen LogP contribution in [0, 0.1) is 11.7 Å². The standard InChI is InChI=1S/C23H26ClFN2O5S/c1-16-6-5-11-27(13-16)33(30,31)18-8-3-7-17(12-18)23(29)32-15-22(28)26(2)14-19-20(24)9-4-10-21(19)25/h3-4,7-10,12,16H,5-6,11,13-15H2,1-2H3/t16-/m0/s1. The van der Waals surface area contributed by atoms with Gasteiger partial charge in [-0.15, -0.1) is 0 Å². The van der Waals surface area contributed by atoms with Gasteiger partial charge >= 0.3 is 5.97 Å². The third-order valence-corrected chi connectivity index (χ3v) is 7.75. The second kappa shape index (κ2) is 10.6. The molecule has 7 nitrogen and oxygen atoms in total. The lowest BCUT2D eigenvalue weighted by Gasteiger charge is -2.30. The molecule has 0 saturated carbocycles. The van der Waals surface area contributed by atoms with E-state index in [4.69, 9.17) is 16.3 Å². The summed E-state index contributed by atoms with van der Waals surface area (Å²) in [4.78, 5) is 26.0. The van der Waals surface area contributed by atoms with Gasteiger partial charge in [-0.2, -0.15) is 4.31 Å². The van der Waals surface area contributed by atoms with Crippen LogP contribution < -0.4 is 0 Å². The summed E-state index contributed by atoms with van der Waals surface area (Å²) in [5.74, 6) is -1.66. The molecule has 0 bridgehead atoms. The SMILES string of the molecule is C[C@H]1CCCN(S(=O)(=O)c2cccc(C(=O)OCC(=O)N(C)Cc3c(F)cccc3Cl)c2)C1. The zero-order chi connectivity index (χ0) is 24.2. The molecule has 0 N–H and O–H groups in total. The number of carbonyl (C=O) groups excluding carboxylic acids is 2. The summed E-state index contributed by atoms with van der Waals surface area (Å²) in [5, 5.41) is 0.188. The molecule has 3 rings (SSSR count). The summed E-state index contributed by atoms with van der Waals surface area (Å²) >= 11 is 5.99. The van der Waals surface area contributed by atoms with Gasteiger partial charge in [0.15, 0.2) is 6.61 Å². The summed E-state index contributed by atoms with van der Waals surface area (Å²) in [5.41, 5.74) is 0.181. The van der Waals surface area contributed by atoms with Crippen molar-refractivity contribution in [3.05, 3.63) is 64.4 Å². The van der Waals surface area contributed by atoms with E-state index in [1.165, 1.54) is 58.7 Å². The number of amides is 1. The Bertz CT molecular complexity index is 1120. The normalized spacial score (nSPS) is 16.9. The molecule has 0 radical (unpaired) electrons. The summed E-state index contributed by atoms with van der Waals surface area (Å²) < 4.78 is 46.4. The summed E-state index contributed by atoms with van der Waals surface area (Å²) in [7, 11) is -2.30. The Labute approximate surface area is 198 Å². The highest BCUT2D eigenvalue weighted by molar-refractivity contribution is 7.89. The lowest BCUT2D eigenvalue weighted by molar-refractivity contribution is -0.133. The third kappa shape index (κ3) is 6.10. The first-order valence-corrected chi connectivity index (χ1v) is 12.4. The van der Waals surface area contributed by atoms with E-state index < -0.39 is 34.3 Å². The largest absolute Gasteiger partial charge is 0.452 e. The fraction of sp³-hybridized carbons (Fsp3) is 0.391. The lowest BCUT2D eigenvalue weighted by atomic mass is 10.0. The highest BCUT2D eigenvalue weighted by Gasteiger charge is 2.29. The Hall–Kier alpha value is -2.49. The molecule has 0 unspecified atom stereocenters. The quantitative estimate of drug-likeness (QED) is 0.545. The molecule has 1 fully saturated rings. The fourth-order valence-corrected chi connectivity index (χ4v) is 5.49. The van der Waals surface area contributed by atoms with Crippen molar-refractivity contribution in [3.8, 4) is 0 Å². The minimum atomic E-state index is -3.74. The first-order valence-electron chi connectivity index (χ1n) is 10.5. The van der Waals surface area contributed by atoms with Gasteiger partial charge in [-0.05, 0) is 49.1 Å². The Balaban J connectivity index is 1.63. The second-order valence-electron chi connectivity index (χ2n) is 8.16. The zero-order valence-corrected chi connectivity index (χ0v) is 20.0. The van der Waals surface area contributed by atoms with Gasteiger partial charge in [0, 0.05) is 37.3 Å². The number of nitrogens with zero attached hydrogens (tertiary/aromatic N) is 2. The minimum absolute atomic E-state index is 0.00342. The molecule has 1 aliphatic heterocycles. The van der Waals surface area contributed by atoms with Crippen molar-refractivity contribution >= 4 is 33.5 Å². The molecule has 1 aliphatic rings. The van der Waals surface area contributed by atoms with Gasteiger partial charge in [-0.25, -0.2) is 17.6 Å². The number of piperidine rings is 1. The molecule has 10 heteroatoms. The van der Waals surface area contributed by atoms with Crippen LogP contribution >= 0.6 is 11.6 Å². The average Bonchev–Trinajstić information content (AvgIpc) is 2.79. The van der Waals surface area contributed by atoms with E-state index in [2.05, 4.69) is 0 Å². The summed E-state index contributed by atoms with van der Waals surface area (Å²) in [6.45, 7) is 2.20. The Morgan fingerprint density at radius 2 is 1.97 bits per heavy atom. The van der Waals surface area contributed by atoms with Crippen LogP contribution in [-0.4, -0.2) is 56.2 Å². The van der Waals surface area contributed by atoms with Crippen LogP contribution in [0.1, 0.15) is 35.7 Å². The van der Waals surface area contributed by atoms with E-state index in [1.807, 2.05) is 6.92 Å². The van der Waals surface area contributed by atoms with Crippen LogP contribution in [-0.2, 0) is 26.1 Å². The van der Waals surface area contributed by atoms with Crippen LogP contribution in [0.3, 0.4) is 0 Å². The predicted octanol–water partition coefficient (Wildman–Crippen LogP) is 3.72. The average molecular weight is 497 g/mol. The van der Waals surface area contributed by atoms with E-state index >= 15 is 0 Å². The van der Waals surface area contributed by atoms with Gasteiger partial charge in [0.2, 0.25) is 10.0 Å². The van der Waals surface area contributed by atoms with Gasteiger partial charge in [-0.3, -0.25) is 4.79 Å². The molecule has 0 aliphatic carbocycles. The van der Waals surface area contributed by atoms with E-state index in [-0.39, 0.29) is 33.5 Å². The van der Waals surface area contributed by atoms with Crippen LogP contribution in [0.4, 0.5) is 4.39 Å². The fourth-order valence-electron chi connectivity index (χ4n) is 3.63. The Morgan fingerprint density at radius 1 is 1.24 bits per heavy atom. The van der Waals surface area contributed by atoms with Gasteiger partial charge in [0.05, 0.1) is 10.5 Å². The molecule has 1 atom stereocenters. The van der Waals surface area contributed by atoms with E-state index in [9.17, 15) is 22.4 Å². The van der Waals surface area contributed by atoms with Crippen LogP contribution in [0.2, 0.25) is 5.02 Å². The van der Waals surface area contributed by atoms with Gasteiger partial charge in [-0.1, -0.05) is 30.7 Å². The molecule has 0 aromatic heterocycles. The number of rotatable bonds is 7. The molecule has 178 valence electrons. The van der Waals surface area contributed by atoms with Crippen molar-refractivity contribution in [1.82, 2.24) is 9.21 Å². The molecule has 1 heterocycles. The molecule has 0 spiro atoms. The summed E-state index contributed by atoms with van der Waals surface area (Å²) in [6.07, 6.45) is 1.76. The van der Waals surface area contributed by atoms with Gasteiger partial charge in [0.1, 0.15) is 5.82 Å². The minimum Gasteiger partial charge on any atom is -0.452 e. The number of hydrogen-bond acceptors (Lipinski definition) is 5. The van der Waals surface area contributed by atoms with Crippen LogP contribution in [0.5, 0.6) is 0 Å². The molecule has 1 amide bonds. The molecule has 1 saturated heterocycles. The Kier molecular flexibility index (Phi) is 8.10. The monoisotopic (exact) mass is 496 g/mol. The second-order valence-corrected chi connectivity index (χ2v) is 10.5. The molecule has 2 aromatic rings. The van der Waals surface area contributed by atoms with Crippen molar-refractivity contribution < 1.29 is 27.1 Å². The predicted molar refractivity (Wildman–Crippen MR) is 122 cm³/mol. The van der Waals surface area contributed by atoms with Gasteiger partial charge < -0.3 is 9.64 Å². The molecule has 33 heavy (non-hydrogen) atoms. The number of ether oxygens (including phenoxy) is 1. The van der Waals surface area contributed by atoms with E-state index in [1.54, 1.807) is 0 Å². The number of esters is 1. The van der Waals surface area contributed by atoms with Crippen molar-refractivity contribution in [2.75, 3.05) is 26.7 Å². The zero-order valence-electron chi connectivity index (χ0n) is 18.5. The summed E-state index contributed by atoms with van der Waals surface area (Å²) in [6, 6.07) is 9.80. The Morgan fingerprint density at radius 3 is 2.67 bits per heavy atom. The topological polar surface area (TPSA) is 84.0 Å². The maximum Gasteiger partial charge on any atom is 0.338 e. The number of benzene rings is 2. The maximum atomic E-state index is 13.9.